The first-order chi connectivity index (χ1) is 12.2. The molecule has 0 N–H and O–H groups in total. The predicted molar refractivity (Wildman–Crippen MR) is 102 cm³/mol. The van der Waals surface area contributed by atoms with Crippen LogP contribution in [0.3, 0.4) is 0 Å². The number of aldehydes is 1. The van der Waals surface area contributed by atoms with Crippen molar-refractivity contribution in [1.29, 1.82) is 0 Å². The third kappa shape index (κ3) is 5.24. The van der Waals surface area contributed by atoms with E-state index in [2.05, 4.69) is 0 Å². The fraction of sp³-hybridized carbons (Fsp3) is 0.211. The summed E-state index contributed by atoms with van der Waals surface area (Å²) in [7, 11) is -0.236. The largest absolute Gasteiger partial charge is 0.301 e. The number of sulfone groups is 1. The molecule has 0 bridgehead atoms. The molecule has 0 amide bonds. The van der Waals surface area contributed by atoms with E-state index in [1.54, 1.807) is 43.3 Å². The molecule has 0 radical (unpaired) electrons. The van der Waals surface area contributed by atoms with Crippen LogP contribution < -0.4 is 0 Å². The Morgan fingerprint density at radius 1 is 1.19 bits per heavy atom. The molecule has 0 heterocycles. The summed E-state index contributed by atoms with van der Waals surface area (Å²) in [6.07, 6.45) is 2.02. The number of likely N-dealkylation sites (N-methyl/N-ethyl adjacent to an activating group) is 1. The van der Waals surface area contributed by atoms with Gasteiger partial charge in [0, 0.05) is 16.0 Å². The highest BCUT2D eigenvalue weighted by molar-refractivity contribution is 7.93. The van der Waals surface area contributed by atoms with E-state index in [0.717, 1.165) is 5.41 Å². The van der Waals surface area contributed by atoms with Crippen molar-refractivity contribution in [2.75, 3.05) is 14.1 Å². The SMILES string of the molecule is CN(C)C(C=O)c1cc(C=CS(=O)(=O)Cc2ccccc2Cl)ccc1F. The van der Waals surface area contributed by atoms with Gasteiger partial charge in [-0.15, -0.1) is 0 Å². The third-order valence-corrected chi connectivity index (χ3v) is 5.44. The van der Waals surface area contributed by atoms with Crippen molar-refractivity contribution in [3.8, 4) is 0 Å². The molecule has 0 aliphatic rings. The van der Waals surface area contributed by atoms with Crippen molar-refractivity contribution in [3.05, 3.63) is 75.4 Å². The Bertz CT molecular complexity index is 926. The number of carbonyl (C=O) groups is 1. The van der Waals surface area contributed by atoms with Gasteiger partial charge in [0.2, 0.25) is 0 Å². The van der Waals surface area contributed by atoms with E-state index in [0.29, 0.717) is 22.4 Å². The quantitative estimate of drug-likeness (QED) is 0.668. The molecule has 2 aromatic rings. The molecule has 2 aromatic carbocycles. The van der Waals surface area contributed by atoms with Gasteiger partial charge in [0.05, 0.1) is 11.8 Å². The highest BCUT2D eigenvalue weighted by atomic mass is 35.5. The van der Waals surface area contributed by atoms with Crippen molar-refractivity contribution in [1.82, 2.24) is 4.90 Å². The first-order valence-electron chi connectivity index (χ1n) is 7.79. The Morgan fingerprint density at radius 3 is 2.50 bits per heavy atom. The van der Waals surface area contributed by atoms with Crippen LogP contribution in [-0.2, 0) is 20.4 Å². The number of rotatable bonds is 7. The van der Waals surface area contributed by atoms with Gasteiger partial charge >= 0.3 is 0 Å². The summed E-state index contributed by atoms with van der Waals surface area (Å²) in [4.78, 5) is 12.8. The lowest BCUT2D eigenvalue weighted by atomic mass is 10.0. The van der Waals surface area contributed by atoms with Crippen molar-refractivity contribution in [3.63, 3.8) is 0 Å². The maximum Gasteiger partial charge on any atom is 0.175 e. The number of halogens is 2. The van der Waals surface area contributed by atoms with Crippen LogP contribution >= 0.6 is 11.6 Å². The minimum atomic E-state index is -3.56. The van der Waals surface area contributed by atoms with Gasteiger partial charge in [-0.1, -0.05) is 35.9 Å². The van der Waals surface area contributed by atoms with Gasteiger partial charge in [-0.25, -0.2) is 12.8 Å². The van der Waals surface area contributed by atoms with E-state index in [4.69, 9.17) is 11.6 Å². The van der Waals surface area contributed by atoms with E-state index in [9.17, 15) is 17.6 Å². The maximum atomic E-state index is 14.0. The molecule has 0 saturated heterocycles. The zero-order chi connectivity index (χ0) is 19.3. The van der Waals surface area contributed by atoms with Crippen LogP contribution in [0.25, 0.3) is 6.08 Å². The molecule has 7 heteroatoms. The van der Waals surface area contributed by atoms with Crippen LogP contribution in [0.2, 0.25) is 5.02 Å². The molecule has 1 unspecified atom stereocenters. The number of carbonyl (C=O) groups excluding carboxylic acids is 1. The molecular formula is C19H19ClFNO3S. The minimum absolute atomic E-state index is 0.190. The van der Waals surface area contributed by atoms with Crippen LogP contribution in [0.4, 0.5) is 4.39 Å². The van der Waals surface area contributed by atoms with E-state index in [1.165, 1.54) is 24.3 Å². The summed E-state index contributed by atoms with van der Waals surface area (Å²) in [6, 6.07) is 10.1. The molecule has 138 valence electrons. The Balaban J connectivity index is 2.27. The van der Waals surface area contributed by atoms with Crippen LogP contribution in [0.15, 0.2) is 47.9 Å². The molecule has 0 fully saturated rings. The van der Waals surface area contributed by atoms with Gasteiger partial charge in [0.25, 0.3) is 0 Å². The summed E-state index contributed by atoms with van der Waals surface area (Å²) >= 11 is 6.00. The van der Waals surface area contributed by atoms with Gasteiger partial charge in [-0.05, 0) is 49.5 Å². The first-order valence-corrected chi connectivity index (χ1v) is 9.88. The van der Waals surface area contributed by atoms with Crippen molar-refractivity contribution < 1.29 is 17.6 Å². The van der Waals surface area contributed by atoms with Crippen molar-refractivity contribution in [2.45, 2.75) is 11.8 Å². The zero-order valence-corrected chi connectivity index (χ0v) is 16.0. The van der Waals surface area contributed by atoms with Gasteiger partial charge in [-0.3, -0.25) is 4.90 Å². The number of nitrogens with zero attached hydrogens (tertiary/aromatic N) is 1. The van der Waals surface area contributed by atoms with Crippen LogP contribution in [0.5, 0.6) is 0 Å². The normalized spacial score (nSPS) is 13.3. The van der Waals surface area contributed by atoms with E-state index >= 15 is 0 Å². The molecule has 0 saturated carbocycles. The Hall–Kier alpha value is -2.02. The maximum absolute atomic E-state index is 14.0. The highest BCUT2D eigenvalue weighted by Gasteiger charge is 2.17. The second-order valence-electron chi connectivity index (χ2n) is 6.03. The minimum Gasteiger partial charge on any atom is -0.301 e. The summed E-state index contributed by atoms with van der Waals surface area (Å²) < 4.78 is 38.6. The second-order valence-corrected chi connectivity index (χ2v) is 8.32. The first kappa shape index (κ1) is 20.3. The number of hydrogen-bond donors (Lipinski definition) is 0. The molecule has 4 nitrogen and oxygen atoms in total. The highest BCUT2D eigenvalue weighted by Crippen LogP contribution is 2.23. The van der Waals surface area contributed by atoms with E-state index in [1.807, 2.05) is 0 Å². The van der Waals surface area contributed by atoms with Gasteiger partial charge in [0.1, 0.15) is 12.1 Å². The summed E-state index contributed by atoms with van der Waals surface area (Å²) in [6.45, 7) is 0. The smallest absolute Gasteiger partial charge is 0.175 e. The van der Waals surface area contributed by atoms with Crippen LogP contribution in [0.1, 0.15) is 22.7 Å². The van der Waals surface area contributed by atoms with Gasteiger partial charge < -0.3 is 4.79 Å². The predicted octanol–water partition coefficient (Wildman–Crippen LogP) is 3.87. The molecule has 0 aliphatic carbocycles. The lowest BCUT2D eigenvalue weighted by molar-refractivity contribution is -0.111. The average molecular weight is 396 g/mol. The topological polar surface area (TPSA) is 54.5 Å². The Kier molecular flexibility index (Phi) is 6.69. The van der Waals surface area contributed by atoms with E-state index < -0.39 is 21.7 Å². The van der Waals surface area contributed by atoms with Gasteiger partial charge in [0.15, 0.2) is 9.84 Å². The molecule has 0 aliphatic heterocycles. The third-order valence-electron chi connectivity index (χ3n) is 3.81. The summed E-state index contributed by atoms with van der Waals surface area (Å²) in [5, 5.41) is 1.45. The van der Waals surface area contributed by atoms with Crippen LogP contribution in [-0.4, -0.2) is 33.7 Å². The summed E-state index contributed by atoms with van der Waals surface area (Å²) in [5.74, 6) is -0.752. The fourth-order valence-corrected chi connectivity index (χ4v) is 3.86. The van der Waals surface area contributed by atoms with Gasteiger partial charge in [-0.2, -0.15) is 0 Å². The van der Waals surface area contributed by atoms with Crippen LogP contribution in [0, 0.1) is 5.82 Å². The fourth-order valence-electron chi connectivity index (χ4n) is 2.43. The molecular weight excluding hydrogens is 377 g/mol. The van der Waals surface area contributed by atoms with Crippen molar-refractivity contribution in [2.24, 2.45) is 0 Å². The molecule has 2 rings (SSSR count). The number of hydrogen-bond acceptors (Lipinski definition) is 4. The van der Waals surface area contributed by atoms with E-state index in [-0.39, 0.29) is 11.3 Å². The average Bonchev–Trinajstić information content (AvgIpc) is 2.57. The molecule has 0 aromatic heterocycles. The Labute approximate surface area is 157 Å². The zero-order valence-electron chi connectivity index (χ0n) is 14.4. The lowest BCUT2D eigenvalue weighted by Gasteiger charge is -2.19. The standard InChI is InChI=1S/C19H19ClFNO3S/c1-22(2)19(12-23)16-11-14(7-8-18(16)21)9-10-26(24,25)13-15-5-3-4-6-17(15)20/h3-12,19H,13H2,1-2H3. The summed E-state index contributed by atoms with van der Waals surface area (Å²) in [5.41, 5.74) is 1.18. The molecule has 1 atom stereocenters. The van der Waals surface area contributed by atoms with Crippen molar-refractivity contribution >= 4 is 33.8 Å². The lowest BCUT2D eigenvalue weighted by Crippen LogP contribution is -2.22. The Morgan fingerprint density at radius 2 is 1.88 bits per heavy atom. The monoisotopic (exact) mass is 395 g/mol. The number of benzene rings is 2. The molecule has 26 heavy (non-hydrogen) atoms. The second kappa shape index (κ2) is 8.58. The molecule has 0 spiro atoms.